The second kappa shape index (κ2) is 7.93. The first kappa shape index (κ1) is 18.3. The molecule has 6 heteroatoms. The first-order valence-corrected chi connectivity index (χ1v) is 10.4. The van der Waals surface area contributed by atoms with Gasteiger partial charge in [0, 0.05) is 22.7 Å². The molecule has 2 N–H and O–H groups in total. The summed E-state index contributed by atoms with van der Waals surface area (Å²) in [4.78, 5) is 12.8. The van der Waals surface area contributed by atoms with E-state index < -0.39 is 0 Å². The van der Waals surface area contributed by atoms with Crippen molar-refractivity contribution in [1.29, 1.82) is 0 Å². The molecule has 0 bridgehead atoms. The Morgan fingerprint density at radius 3 is 2.67 bits per heavy atom. The van der Waals surface area contributed by atoms with Crippen molar-refractivity contribution in [1.82, 2.24) is 15.4 Å². The molecule has 0 amide bonds. The van der Waals surface area contributed by atoms with E-state index in [0.717, 1.165) is 37.4 Å². The highest BCUT2D eigenvalue weighted by molar-refractivity contribution is 7.20. The van der Waals surface area contributed by atoms with Crippen LogP contribution in [-0.2, 0) is 0 Å². The average molecular weight is 410 g/mol. The molecule has 0 fully saturated rings. The second-order valence-corrected chi connectivity index (χ2v) is 7.97. The molecular weight excluding hydrogens is 390 g/mol. The van der Waals surface area contributed by atoms with Gasteiger partial charge in [-0.05, 0) is 37.3 Å². The maximum absolute atomic E-state index is 4.78. The van der Waals surface area contributed by atoms with Gasteiger partial charge in [0.05, 0.1) is 22.1 Å². The maximum atomic E-state index is 4.78. The standard InChI is InChI=1S/C24H19N5S/c1-16-10-12-18(13-11-16)27-23(24-28-21-8-4-5-9-22(21)30-24)29-26-15-17-14-25-20-7-3-2-6-19(17)20/h2-15,25H,1H3,(H,27,29). The number of aromatic nitrogens is 2. The lowest BCUT2D eigenvalue weighted by Crippen LogP contribution is -2.18. The number of para-hydroxylation sites is 2. The molecule has 0 saturated carbocycles. The van der Waals surface area contributed by atoms with E-state index in [1.165, 1.54) is 5.56 Å². The first-order valence-electron chi connectivity index (χ1n) is 9.63. The lowest BCUT2D eigenvalue weighted by Gasteiger charge is -2.03. The Hall–Kier alpha value is -3.77. The minimum atomic E-state index is 0.621. The number of aromatic amines is 1. The lowest BCUT2D eigenvalue weighted by atomic mass is 10.2. The minimum Gasteiger partial charge on any atom is -0.361 e. The quantitative estimate of drug-likeness (QED) is 0.224. The van der Waals surface area contributed by atoms with Crippen LogP contribution in [0.4, 0.5) is 5.69 Å². The van der Waals surface area contributed by atoms with Crippen molar-refractivity contribution in [2.75, 3.05) is 0 Å². The third-order valence-corrected chi connectivity index (χ3v) is 5.81. The number of benzene rings is 3. The molecular formula is C24H19N5S. The number of hydrazone groups is 1. The predicted molar refractivity (Wildman–Crippen MR) is 126 cm³/mol. The van der Waals surface area contributed by atoms with Gasteiger partial charge in [0.15, 0.2) is 10.8 Å². The summed E-state index contributed by atoms with van der Waals surface area (Å²) in [6, 6.07) is 24.3. The molecule has 5 aromatic rings. The zero-order valence-electron chi connectivity index (χ0n) is 16.3. The van der Waals surface area contributed by atoms with Crippen LogP contribution < -0.4 is 5.43 Å². The van der Waals surface area contributed by atoms with Gasteiger partial charge in [-0.3, -0.25) is 5.43 Å². The first-order chi connectivity index (χ1) is 14.8. The number of aryl methyl sites for hydroxylation is 1. The molecule has 146 valence electrons. The molecule has 30 heavy (non-hydrogen) atoms. The largest absolute Gasteiger partial charge is 0.361 e. The van der Waals surface area contributed by atoms with E-state index in [1.54, 1.807) is 17.6 Å². The third-order valence-electron chi connectivity index (χ3n) is 4.77. The summed E-state index contributed by atoms with van der Waals surface area (Å²) in [5.41, 5.74) is 8.21. The molecule has 0 atom stereocenters. The lowest BCUT2D eigenvalue weighted by molar-refractivity contribution is 1.03. The van der Waals surface area contributed by atoms with Gasteiger partial charge in [0.2, 0.25) is 0 Å². The van der Waals surface area contributed by atoms with Gasteiger partial charge in [-0.15, -0.1) is 11.3 Å². The molecule has 0 radical (unpaired) electrons. The number of thiazole rings is 1. The second-order valence-electron chi connectivity index (χ2n) is 6.94. The highest BCUT2D eigenvalue weighted by Crippen LogP contribution is 2.23. The zero-order valence-corrected chi connectivity index (χ0v) is 17.1. The van der Waals surface area contributed by atoms with Crippen molar-refractivity contribution >= 4 is 50.2 Å². The SMILES string of the molecule is Cc1ccc(N=C(NN=Cc2c[nH]c3ccccc23)c2nc3ccccc3s2)cc1. The van der Waals surface area contributed by atoms with Gasteiger partial charge in [-0.2, -0.15) is 5.10 Å². The maximum Gasteiger partial charge on any atom is 0.183 e. The van der Waals surface area contributed by atoms with E-state index in [1.807, 2.05) is 66.9 Å². The highest BCUT2D eigenvalue weighted by atomic mass is 32.1. The van der Waals surface area contributed by atoms with Crippen LogP contribution in [0.15, 0.2) is 89.1 Å². The highest BCUT2D eigenvalue weighted by Gasteiger charge is 2.10. The molecule has 0 saturated heterocycles. The van der Waals surface area contributed by atoms with Gasteiger partial charge in [0.25, 0.3) is 0 Å². The van der Waals surface area contributed by atoms with Crippen molar-refractivity contribution in [2.24, 2.45) is 10.1 Å². The van der Waals surface area contributed by atoms with E-state index in [9.17, 15) is 0 Å². The molecule has 0 spiro atoms. The molecule has 5 rings (SSSR count). The van der Waals surface area contributed by atoms with Crippen LogP contribution in [0, 0.1) is 6.92 Å². The number of rotatable bonds is 4. The predicted octanol–water partition coefficient (Wildman–Crippen LogP) is 5.79. The summed E-state index contributed by atoms with van der Waals surface area (Å²) < 4.78 is 1.12. The van der Waals surface area contributed by atoms with Crippen LogP contribution in [0.25, 0.3) is 21.1 Å². The number of amidine groups is 1. The molecule has 2 aromatic heterocycles. The molecule has 0 aliphatic heterocycles. The van der Waals surface area contributed by atoms with E-state index in [-0.39, 0.29) is 0 Å². The molecule has 3 aromatic carbocycles. The van der Waals surface area contributed by atoms with Crippen LogP contribution in [0.3, 0.4) is 0 Å². The molecule has 0 aliphatic carbocycles. The Kier molecular flexibility index (Phi) is 4.83. The van der Waals surface area contributed by atoms with E-state index in [4.69, 9.17) is 9.98 Å². The van der Waals surface area contributed by atoms with Crippen LogP contribution in [0.5, 0.6) is 0 Å². The Morgan fingerprint density at radius 1 is 1.00 bits per heavy atom. The Labute approximate surface area is 177 Å². The summed E-state index contributed by atoms with van der Waals surface area (Å²) in [5, 5.41) is 6.39. The zero-order chi connectivity index (χ0) is 20.3. The van der Waals surface area contributed by atoms with Crippen LogP contribution in [-0.4, -0.2) is 22.0 Å². The monoisotopic (exact) mass is 409 g/mol. The van der Waals surface area contributed by atoms with Crippen molar-refractivity contribution in [3.63, 3.8) is 0 Å². The van der Waals surface area contributed by atoms with Crippen LogP contribution in [0.2, 0.25) is 0 Å². The number of hydrogen-bond donors (Lipinski definition) is 2. The molecule has 2 heterocycles. The van der Waals surface area contributed by atoms with Crippen molar-refractivity contribution in [3.05, 3.63) is 95.1 Å². The third kappa shape index (κ3) is 3.73. The van der Waals surface area contributed by atoms with E-state index in [0.29, 0.717) is 5.84 Å². The number of nitrogens with one attached hydrogen (secondary N) is 2. The topological polar surface area (TPSA) is 65.4 Å². The number of aliphatic imine (C=N–C) groups is 1. The van der Waals surface area contributed by atoms with Crippen LogP contribution in [0.1, 0.15) is 16.1 Å². The molecule has 0 aliphatic rings. The summed E-state index contributed by atoms with van der Waals surface area (Å²) in [6.07, 6.45) is 3.75. The van der Waals surface area contributed by atoms with E-state index >= 15 is 0 Å². The summed E-state index contributed by atoms with van der Waals surface area (Å²) in [5.74, 6) is 0.621. The number of nitrogens with zero attached hydrogens (tertiary/aromatic N) is 3. The number of fused-ring (bicyclic) bond motifs is 2. The fraction of sp³-hybridized carbons (Fsp3) is 0.0417. The van der Waals surface area contributed by atoms with Crippen LogP contribution >= 0.6 is 11.3 Å². The fourth-order valence-corrected chi connectivity index (χ4v) is 4.11. The summed E-state index contributed by atoms with van der Waals surface area (Å²) in [7, 11) is 0. The smallest absolute Gasteiger partial charge is 0.183 e. The number of H-pyrrole nitrogens is 1. The molecule has 5 nitrogen and oxygen atoms in total. The average Bonchev–Trinajstić information content (AvgIpc) is 3.39. The Bertz CT molecular complexity index is 1340. The summed E-state index contributed by atoms with van der Waals surface area (Å²) >= 11 is 1.59. The van der Waals surface area contributed by atoms with Gasteiger partial charge in [-0.25, -0.2) is 9.98 Å². The van der Waals surface area contributed by atoms with Crippen molar-refractivity contribution in [3.8, 4) is 0 Å². The van der Waals surface area contributed by atoms with E-state index in [2.05, 4.69) is 34.6 Å². The normalized spacial score (nSPS) is 12.2. The van der Waals surface area contributed by atoms with Crippen molar-refractivity contribution < 1.29 is 0 Å². The van der Waals surface area contributed by atoms with Gasteiger partial charge in [-0.1, -0.05) is 48.0 Å². The Balaban J connectivity index is 1.49. The van der Waals surface area contributed by atoms with Gasteiger partial charge in [0.1, 0.15) is 0 Å². The molecule has 0 unspecified atom stereocenters. The van der Waals surface area contributed by atoms with Gasteiger partial charge < -0.3 is 4.98 Å². The number of hydrogen-bond acceptors (Lipinski definition) is 4. The Morgan fingerprint density at radius 2 is 1.80 bits per heavy atom. The summed E-state index contributed by atoms with van der Waals surface area (Å²) in [6.45, 7) is 2.06. The fourth-order valence-electron chi connectivity index (χ4n) is 3.21. The van der Waals surface area contributed by atoms with Gasteiger partial charge >= 0.3 is 0 Å². The minimum absolute atomic E-state index is 0.621. The van der Waals surface area contributed by atoms with Crippen molar-refractivity contribution in [2.45, 2.75) is 6.92 Å².